The van der Waals surface area contributed by atoms with E-state index in [0.717, 1.165) is 11.6 Å². The first-order valence-corrected chi connectivity index (χ1v) is 4.51. The highest BCUT2D eigenvalue weighted by Gasteiger charge is 2.06. The average Bonchev–Trinajstić information content (AvgIpc) is 2.36. The molecule has 0 aromatic carbocycles. The summed E-state index contributed by atoms with van der Waals surface area (Å²) in [5.74, 6) is 6.43. The second kappa shape index (κ2) is 6.38. The molecule has 1 rings (SSSR count). The Kier molecular flexibility index (Phi) is 5.82. The number of thioether (sulfide) groups is 1. The van der Waals surface area contributed by atoms with Crippen LogP contribution in [0, 0.1) is 0 Å². The number of hydrazine groups is 1. The fraction of sp³-hybridized carbons (Fsp3) is 0.286. The third-order valence-electron chi connectivity index (χ3n) is 1.09. The predicted molar refractivity (Wildman–Crippen MR) is 52.0 cm³/mol. The molecule has 1 heterocycles. The van der Waals surface area contributed by atoms with E-state index in [-0.39, 0.29) is 0 Å². The Labute approximate surface area is 80.5 Å². The molecule has 74 valence electrons. The first-order valence-electron chi connectivity index (χ1n) is 3.46. The SMILES string of the molecule is C/C=C\C1=CSCN1N.O=C(O)O. The van der Waals surface area contributed by atoms with Crippen LogP contribution in [-0.2, 0) is 0 Å². The monoisotopic (exact) mass is 204 g/mol. The summed E-state index contributed by atoms with van der Waals surface area (Å²) in [7, 11) is 0. The van der Waals surface area contributed by atoms with Gasteiger partial charge in [0.2, 0.25) is 0 Å². The van der Waals surface area contributed by atoms with Crippen molar-refractivity contribution in [3.63, 3.8) is 0 Å². The van der Waals surface area contributed by atoms with Crippen molar-refractivity contribution in [2.45, 2.75) is 6.92 Å². The van der Waals surface area contributed by atoms with Crippen LogP contribution in [0.5, 0.6) is 0 Å². The lowest BCUT2D eigenvalue weighted by Crippen LogP contribution is -2.25. The third kappa shape index (κ3) is 6.06. The lowest BCUT2D eigenvalue weighted by Gasteiger charge is -2.09. The molecule has 4 N–H and O–H groups in total. The molecular weight excluding hydrogens is 192 g/mol. The summed E-state index contributed by atoms with van der Waals surface area (Å²) in [6.07, 6.45) is 2.15. The quantitative estimate of drug-likeness (QED) is 0.561. The molecule has 0 atom stereocenters. The van der Waals surface area contributed by atoms with Gasteiger partial charge in [-0.2, -0.15) is 0 Å². The zero-order valence-corrected chi connectivity index (χ0v) is 7.99. The molecule has 0 amide bonds. The van der Waals surface area contributed by atoms with E-state index < -0.39 is 6.16 Å². The van der Waals surface area contributed by atoms with Crippen molar-refractivity contribution in [2.24, 2.45) is 5.84 Å². The van der Waals surface area contributed by atoms with Gasteiger partial charge in [0.15, 0.2) is 0 Å². The highest BCUT2D eigenvalue weighted by atomic mass is 32.2. The molecule has 0 bridgehead atoms. The lowest BCUT2D eigenvalue weighted by molar-refractivity contribution is 0.137. The van der Waals surface area contributed by atoms with E-state index in [1.54, 1.807) is 16.8 Å². The number of hydrogen-bond donors (Lipinski definition) is 3. The van der Waals surface area contributed by atoms with Crippen molar-refractivity contribution >= 4 is 17.9 Å². The van der Waals surface area contributed by atoms with Crippen LogP contribution >= 0.6 is 11.8 Å². The van der Waals surface area contributed by atoms with Gasteiger partial charge in [-0.1, -0.05) is 6.08 Å². The van der Waals surface area contributed by atoms with Crippen LogP contribution in [0.4, 0.5) is 4.79 Å². The molecule has 0 aromatic rings. The van der Waals surface area contributed by atoms with Crippen LogP contribution in [0.2, 0.25) is 0 Å². The lowest BCUT2D eigenvalue weighted by atomic mass is 10.4. The molecule has 6 heteroatoms. The number of carbonyl (C=O) groups is 1. The number of allylic oxidation sites excluding steroid dienone is 2. The maximum Gasteiger partial charge on any atom is 0.503 e. The van der Waals surface area contributed by atoms with E-state index >= 15 is 0 Å². The number of hydrogen-bond acceptors (Lipinski definition) is 4. The molecule has 0 unspecified atom stereocenters. The van der Waals surface area contributed by atoms with Gasteiger partial charge in [-0.3, -0.25) is 0 Å². The minimum absolute atomic E-state index is 0.875. The molecule has 13 heavy (non-hydrogen) atoms. The van der Waals surface area contributed by atoms with Crippen molar-refractivity contribution in [1.82, 2.24) is 5.01 Å². The Morgan fingerprint density at radius 3 is 2.62 bits per heavy atom. The highest BCUT2D eigenvalue weighted by Crippen LogP contribution is 2.19. The second-order valence-electron chi connectivity index (χ2n) is 2.09. The zero-order valence-electron chi connectivity index (χ0n) is 7.17. The summed E-state index contributed by atoms with van der Waals surface area (Å²) in [6, 6.07) is 0. The topological polar surface area (TPSA) is 86.8 Å². The fourth-order valence-corrected chi connectivity index (χ4v) is 1.42. The molecule has 0 saturated heterocycles. The minimum atomic E-state index is -1.83. The second-order valence-corrected chi connectivity index (χ2v) is 2.92. The summed E-state index contributed by atoms with van der Waals surface area (Å²) >= 11 is 1.72. The van der Waals surface area contributed by atoms with Crippen molar-refractivity contribution in [2.75, 3.05) is 5.88 Å². The highest BCUT2D eigenvalue weighted by molar-refractivity contribution is 8.02. The van der Waals surface area contributed by atoms with E-state index in [1.165, 1.54) is 0 Å². The fourth-order valence-electron chi connectivity index (χ4n) is 0.651. The molecule has 1 aliphatic heterocycles. The molecular formula is C7H12N2O3S. The van der Waals surface area contributed by atoms with Gasteiger partial charge in [0, 0.05) is 0 Å². The first-order chi connectivity index (χ1) is 6.07. The molecule has 0 radical (unpaired) electrons. The molecule has 0 spiro atoms. The van der Waals surface area contributed by atoms with E-state index in [4.69, 9.17) is 20.9 Å². The minimum Gasteiger partial charge on any atom is -0.450 e. The van der Waals surface area contributed by atoms with Crippen LogP contribution in [0.25, 0.3) is 0 Å². The average molecular weight is 204 g/mol. The molecule has 5 nitrogen and oxygen atoms in total. The summed E-state index contributed by atoms with van der Waals surface area (Å²) in [5.41, 5.74) is 1.10. The van der Waals surface area contributed by atoms with Crippen LogP contribution in [-0.4, -0.2) is 27.3 Å². The number of nitrogens with two attached hydrogens (primary N) is 1. The standard InChI is InChI=1S/C6H10N2S.CH2O3/c1-2-3-6-4-9-5-8(6)7;2-1(3)4/h2-4H,5,7H2,1H3;(H2,2,3,4)/b3-2-;. The predicted octanol–water partition coefficient (Wildman–Crippen LogP) is 1.51. The van der Waals surface area contributed by atoms with Crippen LogP contribution < -0.4 is 5.84 Å². The van der Waals surface area contributed by atoms with Gasteiger partial charge in [0.1, 0.15) is 0 Å². The van der Waals surface area contributed by atoms with Crippen LogP contribution in [0.15, 0.2) is 23.3 Å². The van der Waals surface area contributed by atoms with Crippen LogP contribution in [0.1, 0.15) is 6.92 Å². The van der Waals surface area contributed by atoms with Gasteiger partial charge < -0.3 is 15.2 Å². The van der Waals surface area contributed by atoms with Gasteiger partial charge in [0.05, 0.1) is 11.6 Å². The smallest absolute Gasteiger partial charge is 0.450 e. The Bertz CT molecular complexity index is 224. The summed E-state index contributed by atoms with van der Waals surface area (Å²) in [5, 5.41) is 17.7. The molecule has 0 aromatic heterocycles. The molecule has 1 aliphatic rings. The van der Waals surface area contributed by atoms with E-state index in [1.807, 2.05) is 19.1 Å². The number of nitrogens with zero attached hydrogens (tertiary/aromatic N) is 1. The van der Waals surface area contributed by atoms with E-state index in [9.17, 15) is 0 Å². The Hall–Kier alpha value is -1.14. The normalized spacial score (nSPS) is 15.2. The van der Waals surface area contributed by atoms with Crippen molar-refractivity contribution < 1.29 is 15.0 Å². The van der Waals surface area contributed by atoms with E-state index in [2.05, 4.69) is 5.41 Å². The van der Waals surface area contributed by atoms with Crippen LogP contribution in [0.3, 0.4) is 0 Å². The largest absolute Gasteiger partial charge is 0.503 e. The summed E-state index contributed by atoms with van der Waals surface area (Å²) in [6.45, 7) is 1.98. The number of carboxylic acid groups (broad SMARTS) is 2. The van der Waals surface area contributed by atoms with Gasteiger partial charge >= 0.3 is 6.16 Å². The van der Waals surface area contributed by atoms with Crippen molar-refractivity contribution in [3.8, 4) is 0 Å². The Morgan fingerprint density at radius 1 is 1.77 bits per heavy atom. The molecule has 0 aliphatic carbocycles. The maximum atomic E-state index is 8.56. The zero-order chi connectivity index (χ0) is 10.3. The summed E-state index contributed by atoms with van der Waals surface area (Å²) < 4.78 is 0. The van der Waals surface area contributed by atoms with Gasteiger partial charge in [-0.25, -0.2) is 10.6 Å². The van der Waals surface area contributed by atoms with Gasteiger partial charge in [0.25, 0.3) is 0 Å². The first kappa shape index (κ1) is 11.9. The van der Waals surface area contributed by atoms with Gasteiger partial charge in [-0.15, -0.1) is 11.8 Å². The third-order valence-corrected chi connectivity index (χ3v) is 1.92. The van der Waals surface area contributed by atoms with Crippen molar-refractivity contribution in [1.29, 1.82) is 0 Å². The van der Waals surface area contributed by atoms with Gasteiger partial charge in [-0.05, 0) is 18.4 Å². The molecule has 0 fully saturated rings. The Balaban J connectivity index is 0.000000310. The van der Waals surface area contributed by atoms with E-state index in [0.29, 0.717) is 0 Å². The van der Waals surface area contributed by atoms with Crippen molar-refractivity contribution in [3.05, 3.63) is 23.3 Å². The summed E-state index contributed by atoms with van der Waals surface area (Å²) in [4.78, 5) is 8.56. The Morgan fingerprint density at radius 2 is 2.31 bits per heavy atom. The number of rotatable bonds is 1. The molecule has 0 saturated carbocycles. The maximum absolute atomic E-state index is 8.56.